The van der Waals surface area contributed by atoms with Crippen LogP contribution in [0.5, 0.6) is 5.75 Å². The Labute approximate surface area is 250 Å². The maximum Gasteiger partial charge on any atom is 0.248 e. The molecule has 0 spiro atoms. The van der Waals surface area contributed by atoms with Crippen LogP contribution in [0.3, 0.4) is 0 Å². The van der Waals surface area contributed by atoms with Crippen molar-refractivity contribution >= 4 is 61.3 Å². The number of aromatic nitrogens is 4. The zero-order valence-corrected chi connectivity index (χ0v) is 24.6. The van der Waals surface area contributed by atoms with E-state index in [-0.39, 0.29) is 24.4 Å². The van der Waals surface area contributed by atoms with Crippen LogP contribution in [-0.2, 0) is 16.1 Å². The predicted octanol–water partition coefficient (Wildman–Crippen LogP) is 4.94. The van der Waals surface area contributed by atoms with Crippen LogP contribution in [0.25, 0.3) is 33.1 Å². The van der Waals surface area contributed by atoms with Gasteiger partial charge in [-0.15, -0.1) is 0 Å². The van der Waals surface area contributed by atoms with Gasteiger partial charge in [0, 0.05) is 11.4 Å². The average molecular weight is 627 g/mol. The second-order valence-corrected chi connectivity index (χ2v) is 11.7. The molecule has 1 unspecified atom stereocenters. The number of carbonyl (C=O) groups is 2. The fraction of sp³-hybridized carbons (Fsp3) is 0.258. The third-order valence-electron chi connectivity index (χ3n) is 8.31. The molecule has 2 aromatic carbocycles. The number of rotatable bonds is 6. The molecule has 1 saturated heterocycles. The number of aryl methyl sites for hydroxylation is 1. The van der Waals surface area contributed by atoms with Crippen LogP contribution in [0.15, 0.2) is 65.5 Å². The number of halogens is 1. The zero-order chi connectivity index (χ0) is 29.1. The van der Waals surface area contributed by atoms with Crippen molar-refractivity contribution in [2.24, 2.45) is 5.92 Å². The highest BCUT2D eigenvalue weighted by Gasteiger charge is 2.56. The number of nitrogens with one attached hydrogen (secondary N) is 1. The SMILES string of the molecule is COc1cccc(-c2cc(C)c3c(c2)c2c(N)ncnc2n3CC(=O)N2C3C[C@@H]3C[C@H]2C(=O)Nc2cccc(Br)n2)c1. The Balaban J connectivity index is 1.26. The number of nitrogens with zero attached hydrogens (tertiary/aromatic N) is 5. The number of nitrogen functional groups attached to an aromatic ring is 1. The number of carbonyl (C=O) groups excluding carboxylic acids is 2. The molecule has 2 aliphatic rings. The number of anilines is 2. The van der Waals surface area contributed by atoms with Gasteiger partial charge in [0.25, 0.3) is 0 Å². The summed E-state index contributed by atoms with van der Waals surface area (Å²) in [5.41, 5.74) is 10.8. The normalized spacial score (nSPS) is 19.2. The second kappa shape index (κ2) is 10.1. The minimum Gasteiger partial charge on any atom is -0.497 e. The summed E-state index contributed by atoms with van der Waals surface area (Å²) in [6.45, 7) is 2.04. The Bertz CT molecular complexity index is 1910. The first-order valence-corrected chi connectivity index (χ1v) is 14.5. The van der Waals surface area contributed by atoms with E-state index >= 15 is 0 Å². The highest BCUT2D eigenvalue weighted by Crippen LogP contribution is 2.48. The van der Waals surface area contributed by atoms with Crippen LogP contribution in [0.4, 0.5) is 11.6 Å². The molecule has 1 saturated carbocycles. The average Bonchev–Trinajstić information content (AvgIpc) is 3.51. The second-order valence-electron chi connectivity index (χ2n) is 10.9. The molecule has 3 N–H and O–H groups in total. The Morgan fingerprint density at radius 1 is 1.10 bits per heavy atom. The standard InChI is InChI=1S/C31H28BrN7O3/c1-16-9-18(17-5-3-6-20(10-17)42-2)11-21-27-29(33)34-15-35-30(27)38(28(16)21)14-26(40)39-22-12-19(22)13-23(39)31(41)37-25-8-4-7-24(32)36-25/h3-11,15,19,22-23H,12-14H2,1-2H3,(H2,33,34,35)(H,36,37,41)/t19-,22?,23+/m1/s1. The monoisotopic (exact) mass is 625 g/mol. The Morgan fingerprint density at radius 3 is 2.74 bits per heavy atom. The topological polar surface area (TPSA) is 128 Å². The van der Waals surface area contributed by atoms with Gasteiger partial charge in [0.2, 0.25) is 11.8 Å². The summed E-state index contributed by atoms with van der Waals surface area (Å²) >= 11 is 3.34. The molecule has 42 heavy (non-hydrogen) atoms. The van der Waals surface area contributed by atoms with Gasteiger partial charge in [-0.3, -0.25) is 9.59 Å². The van der Waals surface area contributed by atoms with E-state index in [1.165, 1.54) is 6.33 Å². The van der Waals surface area contributed by atoms with E-state index in [1.54, 1.807) is 30.2 Å². The number of pyridine rings is 1. The fourth-order valence-electron chi connectivity index (χ4n) is 6.36. The molecule has 11 heteroatoms. The molecule has 3 atom stereocenters. The van der Waals surface area contributed by atoms with E-state index in [1.807, 2.05) is 35.8 Å². The minimum atomic E-state index is -0.560. The van der Waals surface area contributed by atoms with Gasteiger partial charge in [0.1, 0.15) is 46.5 Å². The molecule has 3 aromatic heterocycles. The van der Waals surface area contributed by atoms with Crippen molar-refractivity contribution in [2.75, 3.05) is 18.2 Å². The van der Waals surface area contributed by atoms with E-state index in [0.717, 1.165) is 39.8 Å². The predicted molar refractivity (Wildman–Crippen MR) is 164 cm³/mol. The van der Waals surface area contributed by atoms with Gasteiger partial charge >= 0.3 is 0 Å². The summed E-state index contributed by atoms with van der Waals surface area (Å²) in [6.07, 6.45) is 2.97. The van der Waals surface area contributed by atoms with E-state index in [2.05, 4.69) is 48.3 Å². The van der Waals surface area contributed by atoms with Gasteiger partial charge in [-0.25, -0.2) is 15.0 Å². The third-order valence-corrected chi connectivity index (χ3v) is 8.75. The summed E-state index contributed by atoms with van der Waals surface area (Å²) in [4.78, 5) is 42.3. The number of methoxy groups -OCH3 is 1. The molecule has 1 aliphatic heterocycles. The minimum absolute atomic E-state index is 0.0257. The molecule has 0 radical (unpaired) electrons. The highest BCUT2D eigenvalue weighted by atomic mass is 79.9. The van der Waals surface area contributed by atoms with Gasteiger partial charge in [-0.05, 0) is 94.7 Å². The van der Waals surface area contributed by atoms with Gasteiger partial charge in [-0.1, -0.05) is 18.2 Å². The maximum atomic E-state index is 14.0. The Morgan fingerprint density at radius 2 is 1.93 bits per heavy atom. The van der Waals surface area contributed by atoms with E-state index in [9.17, 15) is 9.59 Å². The van der Waals surface area contributed by atoms with Gasteiger partial charge in [0.15, 0.2) is 0 Å². The number of fused-ring (bicyclic) bond motifs is 4. The van der Waals surface area contributed by atoms with Gasteiger partial charge in [-0.2, -0.15) is 0 Å². The first-order chi connectivity index (χ1) is 20.3. The molecular weight excluding hydrogens is 598 g/mol. The number of likely N-dealkylation sites (tertiary alicyclic amines) is 1. The lowest BCUT2D eigenvalue weighted by Crippen LogP contribution is -2.46. The molecule has 1 aliphatic carbocycles. The van der Waals surface area contributed by atoms with Crippen molar-refractivity contribution in [3.63, 3.8) is 0 Å². The van der Waals surface area contributed by atoms with Crippen LogP contribution in [-0.4, -0.2) is 55.4 Å². The molecular formula is C31H28BrN7O3. The van der Waals surface area contributed by atoms with Crippen LogP contribution in [0.1, 0.15) is 18.4 Å². The van der Waals surface area contributed by atoms with Gasteiger partial charge in [0.05, 0.1) is 18.0 Å². The lowest BCUT2D eigenvalue weighted by Gasteiger charge is -2.27. The molecule has 0 bridgehead atoms. The summed E-state index contributed by atoms with van der Waals surface area (Å²) in [6, 6.07) is 16.9. The van der Waals surface area contributed by atoms with Crippen LogP contribution in [0.2, 0.25) is 0 Å². The van der Waals surface area contributed by atoms with Crippen molar-refractivity contribution in [1.29, 1.82) is 0 Å². The summed E-state index contributed by atoms with van der Waals surface area (Å²) in [5, 5.41) is 4.46. The number of ether oxygens (including phenoxy) is 1. The number of piperidine rings is 1. The molecule has 212 valence electrons. The van der Waals surface area contributed by atoms with Crippen LogP contribution >= 0.6 is 15.9 Å². The van der Waals surface area contributed by atoms with E-state index < -0.39 is 6.04 Å². The number of benzene rings is 2. The molecule has 5 aromatic rings. The quantitative estimate of drug-likeness (QED) is 0.256. The van der Waals surface area contributed by atoms with Crippen molar-refractivity contribution in [3.05, 3.63) is 71.1 Å². The Kier molecular flexibility index (Phi) is 6.34. The smallest absolute Gasteiger partial charge is 0.248 e. The molecule has 4 heterocycles. The molecule has 7 rings (SSSR count). The largest absolute Gasteiger partial charge is 0.497 e. The molecule has 2 amide bonds. The van der Waals surface area contributed by atoms with E-state index in [0.29, 0.717) is 39.6 Å². The zero-order valence-electron chi connectivity index (χ0n) is 23.0. The Hall–Kier alpha value is -4.51. The number of hydrogen-bond acceptors (Lipinski definition) is 7. The van der Waals surface area contributed by atoms with Crippen molar-refractivity contribution < 1.29 is 14.3 Å². The summed E-state index contributed by atoms with van der Waals surface area (Å²) in [5.74, 6) is 1.53. The number of amides is 2. The van der Waals surface area contributed by atoms with Gasteiger partial charge < -0.3 is 25.3 Å². The molecule has 10 nitrogen and oxygen atoms in total. The first-order valence-electron chi connectivity index (χ1n) is 13.7. The lowest BCUT2D eigenvalue weighted by atomic mass is 10.00. The highest BCUT2D eigenvalue weighted by molar-refractivity contribution is 9.10. The first kappa shape index (κ1) is 26.4. The lowest BCUT2D eigenvalue weighted by molar-refractivity contribution is -0.138. The van der Waals surface area contributed by atoms with Crippen molar-refractivity contribution in [2.45, 2.75) is 38.4 Å². The fourth-order valence-corrected chi connectivity index (χ4v) is 6.71. The van der Waals surface area contributed by atoms with E-state index in [4.69, 9.17) is 10.5 Å². The number of hydrogen-bond donors (Lipinski definition) is 2. The van der Waals surface area contributed by atoms with Crippen LogP contribution in [0, 0.1) is 12.8 Å². The molecule has 2 fully saturated rings. The third kappa shape index (κ3) is 4.44. The van der Waals surface area contributed by atoms with Crippen molar-refractivity contribution in [1.82, 2.24) is 24.4 Å². The summed E-state index contributed by atoms with van der Waals surface area (Å²) in [7, 11) is 1.65. The number of nitrogens with two attached hydrogens (primary N) is 1. The summed E-state index contributed by atoms with van der Waals surface area (Å²) < 4.78 is 7.97. The van der Waals surface area contributed by atoms with Crippen LogP contribution < -0.4 is 15.8 Å². The van der Waals surface area contributed by atoms with Crippen molar-refractivity contribution in [3.8, 4) is 16.9 Å². The maximum absolute atomic E-state index is 14.0.